The quantitative estimate of drug-likeness (QED) is 0.530. The smallest absolute Gasteiger partial charge is 0.326 e. The maximum absolute atomic E-state index is 12.8. The van der Waals surface area contributed by atoms with E-state index >= 15 is 0 Å². The van der Waals surface area contributed by atoms with Crippen LogP contribution in [0.25, 0.3) is 0 Å². The van der Waals surface area contributed by atoms with Crippen LogP contribution in [0.5, 0.6) is 0 Å². The van der Waals surface area contributed by atoms with Gasteiger partial charge in [0.1, 0.15) is 5.82 Å². The van der Waals surface area contributed by atoms with Gasteiger partial charge in [0.15, 0.2) is 10.3 Å². The molecule has 0 saturated heterocycles. The number of thiazole rings is 1. The molecule has 2 amide bonds. The van der Waals surface area contributed by atoms with Crippen LogP contribution in [0.1, 0.15) is 11.4 Å². The molecule has 0 saturated carbocycles. The number of nitrogens with one attached hydrogen (secondary N) is 2. The van der Waals surface area contributed by atoms with Crippen molar-refractivity contribution in [1.82, 2.24) is 19.7 Å². The van der Waals surface area contributed by atoms with E-state index in [1.807, 2.05) is 0 Å². The van der Waals surface area contributed by atoms with E-state index < -0.39 is 17.6 Å². The van der Waals surface area contributed by atoms with Crippen LogP contribution in [0.3, 0.4) is 0 Å². The minimum absolute atomic E-state index is 0.0328. The molecule has 30 heavy (non-hydrogen) atoms. The van der Waals surface area contributed by atoms with Crippen LogP contribution < -0.4 is 10.6 Å². The third-order valence-electron chi connectivity index (χ3n) is 3.73. The minimum Gasteiger partial charge on any atom is -0.326 e. The Labute approximate surface area is 176 Å². The lowest BCUT2D eigenvalue weighted by molar-refractivity contribution is -0.137. The van der Waals surface area contributed by atoms with Gasteiger partial charge in [0.25, 0.3) is 0 Å². The molecule has 2 aromatic heterocycles. The van der Waals surface area contributed by atoms with Crippen molar-refractivity contribution in [2.45, 2.75) is 17.8 Å². The van der Waals surface area contributed by atoms with Gasteiger partial charge in [0.2, 0.25) is 11.8 Å². The van der Waals surface area contributed by atoms with Crippen molar-refractivity contribution >= 4 is 45.7 Å². The van der Waals surface area contributed by atoms with Gasteiger partial charge in [-0.15, -0.1) is 21.5 Å². The van der Waals surface area contributed by atoms with Gasteiger partial charge >= 0.3 is 6.18 Å². The summed E-state index contributed by atoms with van der Waals surface area (Å²) in [5.41, 5.74) is -0.820. The minimum atomic E-state index is -4.50. The molecule has 3 rings (SSSR count). The van der Waals surface area contributed by atoms with Gasteiger partial charge < -0.3 is 15.2 Å². The van der Waals surface area contributed by atoms with Crippen LogP contribution in [0, 0.1) is 0 Å². The van der Waals surface area contributed by atoms with Crippen molar-refractivity contribution in [1.29, 1.82) is 0 Å². The van der Waals surface area contributed by atoms with Crippen molar-refractivity contribution in [3.63, 3.8) is 0 Å². The summed E-state index contributed by atoms with van der Waals surface area (Å²) in [6, 6.07) is 4.36. The number of amides is 2. The SMILES string of the molecule is Cn1c(CC(=O)Nc2cccc(C(F)(F)F)c2)nnc1SCC(=O)Nc1nccs1. The fraction of sp³-hybridized carbons (Fsp3) is 0.235. The zero-order chi connectivity index (χ0) is 21.7. The average Bonchev–Trinajstić information content (AvgIpc) is 3.30. The van der Waals surface area contributed by atoms with Crippen LogP contribution in [0.2, 0.25) is 0 Å². The average molecular weight is 456 g/mol. The second kappa shape index (κ2) is 9.26. The second-order valence-electron chi connectivity index (χ2n) is 5.94. The predicted molar refractivity (Wildman–Crippen MR) is 106 cm³/mol. The fourth-order valence-corrected chi connectivity index (χ4v) is 3.59. The third kappa shape index (κ3) is 5.79. The molecule has 0 fully saturated rings. The first-order valence-electron chi connectivity index (χ1n) is 8.40. The summed E-state index contributed by atoms with van der Waals surface area (Å²) in [4.78, 5) is 28.1. The van der Waals surface area contributed by atoms with Gasteiger partial charge in [-0.2, -0.15) is 13.2 Å². The Hall–Kier alpha value is -2.93. The molecule has 0 bridgehead atoms. The number of aromatic nitrogens is 4. The molecule has 158 valence electrons. The molecule has 13 heteroatoms. The van der Waals surface area contributed by atoms with Crippen molar-refractivity contribution in [3.8, 4) is 0 Å². The van der Waals surface area contributed by atoms with E-state index in [0.29, 0.717) is 16.1 Å². The molecule has 0 aliphatic carbocycles. The predicted octanol–water partition coefficient (Wildman–Crippen LogP) is 3.20. The van der Waals surface area contributed by atoms with E-state index in [-0.39, 0.29) is 23.8 Å². The van der Waals surface area contributed by atoms with Crippen LogP contribution in [0.4, 0.5) is 24.0 Å². The first-order valence-corrected chi connectivity index (χ1v) is 10.3. The molecule has 0 atom stereocenters. The molecule has 0 radical (unpaired) electrons. The van der Waals surface area contributed by atoms with Gasteiger partial charge in [-0.25, -0.2) is 4.98 Å². The summed E-state index contributed by atoms with van der Waals surface area (Å²) < 4.78 is 39.9. The summed E-state index contributed by atoms with van der Waals surface area (Å²) in [5.74, 6) is -0.422. The number of carbonyl (C=O) groups is 2. The molecule has 0 spiro atoms. The Morgan fingerprint density at radius 1 is 1.20 bits per heavy atom. The topological polar surface area (TPSA) is 102 Å². The monoisotopic (exact) mass is 456 g/mol. The summed E-state index contributed by atoms with van der Waals surface area (Å²) in [6.45, 7) is 0. The molecular formula is C17H15F3N6O2S2. The number of benzene rings is 1. The molecule has 3 aromatic rings. The van der Waals surface area contributed by atoms with Crippen LogP contribution in [-0.2, 0) is 29.2 Å². The zero-order valence-corrected chi connectivity index (χ0v) is 17.1. The summed E-state index contributed by atoms with van der Waals surface area (Å²) in [7, 11) is 1.63. The van der Waals surface area contributed by atoms with Crippen LogP contribution in [0.15, 0.2) is 41.0 Å². The zero-order valence-electron chi connectivity index (χ0n) is 15.4. The van der Waals surface area contributed by atoms with E-state index in [9.17, 15) is 22.8 Å². The lowest BCUT2D eigenvalue weighted by Crippen LogP contribution is -2.18. The highest BCUT2D eigenvalue weighted by Gasteiger charge is 2.30. The number of hydrogen-bond donors (Lipinski definition) is 2. The summed E-state index contributed by atoms with van der Waals surface area (Å²) in [5, 5.41) is 15.6. The van der Waals surface area contributed by atoms with E-state index in [2.05, 4.69) is 25.8 Å². The van der Waals surface area contributed by atoms with Crippen molar-refractivity contribution < 1.29 is 22.8 Å². The van der Waals surface area contributed by atoms with Gasteiger partial charge in [-0.3, -0.25) is 9.59 Å². The number of rotatable bonds is 7. The van der Waals surface area contributed by atoms with Gasteiger partial charge in [0.05, 0.1) is 17.7 Å². The lowest BCUT2D eigenvalue weighted by atomic mass is 10.2. The number of alkyl halides is 3. The molecule has 1 aromatic carbocycles. The molecule has 0 aliphatic heterocycles. The second-order valence-corrected chi connectivity index (χ2v) is 7.77. The molecule has 8 nitrogen and oxygen atoms in total. The molecule has 0 aliphatic rings. The Balaban J connectivity index is 1.55. The number of carbonyl (C=O) groups excluding carboxylic acids is 2. The first kappa shape index (κ1) is 21.8. The van der Waals surface area contributed by atoms with E-state index in [1.54, 1.807) is 23.2 Å². The lowest BCUT2D eigenvalue weighted by Gasteiger charge is -2.10. The van der Waals surface area contributed by atoms with Gasteiger partial charge in [-0.05, 0) is 18.2 Å². The third-order valence-corrected chi connectivity index (χ3v) is 5.44. The first-order chi connectivity index (χ1) is 14.2. The number of hydrogen-bond acceptors (Lipinski definition) is 7. The van der Waals surface area contributed by atoms with E-state index in [0.717, 1.165) is 23.9 Å². The standard InChI is InChI=1S/C17H15F3N6O2S2/c1-26-12(8-13(27)22-11-4-2-3-10(7-11)17(18,19)20)24-25-16(26)30-9-14(28)23-15-21-5-6-29-15/h2-7H,8-9H2,1H3,(H,22,27)(H,21,23,28). The molecule has 2 heterocycles. The summed E-state index contributed by atoms with van der Waals surface area (Å²) in [6.07, 6.45) is -3.11. The van der Waals surface area contributed by atoms with Crippen LogP contribution in [-0.4, -0.2) is 37.3 Å². The number of anilines is 2. The summed E-state index contributed by atoms with van der Waals surface area (Å²) >= 11 is 2.43. The Bertz CT molecular complexity index is 1040. The molecular weight excluding hydrogens is 441 g/mol. The maximum Gasteiger partial charge on any atom is 0.416 e. The number of thioether (sulfide) groups is 1. The Morgan fingerprint density at radius 2 is 2.00 bits per heavy atom. The number of halogens is 3. The Morgan fingerprint density at radius 3 is 2.70 bits per heavy atom. The largest absolute Gasteiger partial charge is 0.416 e. The van der Waals surface area contributed by atoms with Crippen molar-refractivity contribution in [2.75, 3.05) is 16.4 Å². The molecule has 0 unspecified atom stereocenters. The van der Waals surface area contributed by atoms with Crippen LogP contribution >= 0.6 is 23.1 Å². The highest BCUT2D eigenvalue weighted by Crippen LogP contribution is 2.30. The number of nitrogens with zero attached hydrogens (tertiary/aromatic N) is 4. The highest BCUT2D eigenvalue weighted by atomic mass is 32.2. The maximum atomic E-state index is 12.8. The molecule has 2 N–H and O–H groups in total. The van der Waals surface area contributed by atoms with Crippen molar-refractivity contribution in [2.24, 2.45) is 7.05 Å². The Kier molecular flexibility index (Phi) is 6.72. The fourth-order valence-electron chi connectivity index (χ4n) is 2.32. The van der Waals surface area contributed by atoms with Gasteiger partial charge in [-0.1, -0.05) is 17.8 Å². The van der Waals surface area contributed by atoms with Gasteiger partial charge in [0, 0.05) is 24.3 Å². The normalized spacial score (nSPS) is 11.3. The van der Waals surface area contributed by atoms with E-state index in [4.69, 9.17) is 0 Å². The highest BCUT2D eigenvalue weighted by molar-refractivity contribution is 7.99. The van der Waals surface area contributed by atoms with Crippen molar-refractivity contribution in [3.05, 3.63) is 47.2 Å². The van der Waals surface area contributed by atoms with E-state index in [1.165, 1.54) is 23.5 Å².